The monoisotopic (exact) mass is 385 g/mol. The van der Waals surface area contributed by atoms with Crippen molar-refractivity contribution in [3.63, 3.8) is 0 Å². The number of halogens is 1. The van der Waals surface area contributed by atoms with Crippen LogP contribution in [-0.4, -0.2) is 43.1 Å². The summed E-state index contributed by atoms with van der Waals surface area (Å²) in [5.41, 5.74) is 0.270. The van der Waals surface area contributed by atoms with Crippen LogP contribution in [0.25, 0.3) is 17.4 Å². The molecule has 138 valence electrons. The summed E-state index contributed by atoms with van der Waals surface area (Å²) in [6, 6.07) is 9.15. The molecule has 3 rings (SSSR count). The zero-order chi connectivity index (χ0) is 19.4. The number of carbonyl (C=O) groups is 2. The summed E-state index contributed by atoms with van der Waals surface area (Å²) in [6.07, 6.45) is 1.35. The smallest absolute Gasteiger partial charge is 0.264 e. The lowest BCUT2D eigenvalue weighted by Gasteiger charge is -2.26. The Balaban J connectivity index is 1.87. The van der Waals surface area contributed by atoms with Crippen LogP contribution in [0.3, 0.4) is 0 Å². The third-order valence-corrected chi connectivity index (χ3v) is 4.36. The molecule has 0 saturated carbocycles. The molecule has 0 atom stereocenters. The van der Waals surface area contributed by atoms with E-state index in [0.29, 0.717) is 42.6 Å². The number of rotatable bonds is 4. The minimum atomic E-state index is -1.33. The highest BCUT2D eigenvalue weighted by Gasteiger charge is 2.21. The fraction of sp³-hybridized carbons (Fsp3) is 0.211. The molecule has 0 bridgehead atoms. The summed E-state index contributed by atoms with van der Waals surface area (Å²) in [5.74, 6) is -1.14. The first-order valence-corrected chi connectivity index (χ1v) is 8.47. The number of hydrogen-bond acceptors (Lipinski definition) is 6. The normalized spacial score (nSPS) is 14.7. The fourth-order valence-corrected chi connectivity index (χ4v) is 2.85. The van der Waals surface area contributed by atoms with Crippen molar-refractivity contribution < 1.29 is 23.8 Å². The van der Waals surface area contributed by atoms with Gasteiger partial charge >= 0.3 is 0 Å². The molecule has 2 heterocycles. The molecule has 0 spiro atoms. The quantitative estimate of drug-likeness (QED) is 0.586. The van der Waals surface area contributed by atoms with Gasteiger partial charge in [0, 0.05) is 24.7 Å². The molecule has 2 aromatic rings. The topological polar surface area (TPSA) is 107 Å². The molecular weight excluding hydrogens is 372 g/mol. The molecule has 7 nitrogen and oxygen atoms in total. The van der Waals surface area contributed by atoms with E-state index >= 15 is 0 Å². The summed E-state index contributed by atoms with van der Waals surface area (Å²) >= 11 is 6.12. The lowest BCUT2D eigenvalue weighted by molar-refractivity contribution is -0.255. The van der Waals surface area contributed by atoms with Crippen LogP contribution in [0.5, 0.6) is 0 Å². The molecule has 1 aliphatic rings. The van der Waals surface area contributed by atoms with E-state index in [1.807, 2.05) is 6.07 Å². The van der Waals surface area contributed by atoms with E-state index in [2.05, 4.69) is 0 Å². The average Bonchev–Trinajstić information content (AvgIpc) is 3.14. The van der Waals surface area contributed by atoms with Crippen molar-refractivity contribution in [3.8, 4) is 17.4 Å². The summed E-state index contributed by atoms with van der Waals surface area (Å²) in [6.45, 7) is 1.71. The van der Waals surface area contributed by atoms with Gasteiger partial charge in [0.05, 0.1) is 24.2 Å². The van der Waals surface area contributed by atoms with Crippen LogP contribution in [0.15, 0.2) is 40.3 Å². The summed E-state index contributed by atoms with van der Waals surface area (Å²) in [7, 11) is 0. The zero-order valence-corrected chi connectivity index (χ0v) is 14.9. The first-order chi connectivity index (χ1) is 13.0. The molecule has 1 aromatic carbocycles. The second kappa shape index (κ2) is 8.08. The van der Waals surface area contributed by atoms with Gasteiger partial charge in [-0.05, 0) is 29.8 Å². The van der Waals surface area contributed by atoms with E-state index < -0.39 is 11.9 Å². The molecule has 0 radical (unpaired) electrons. The number of nitrogens with zero attached hydrogens (tertiary/aromatic N) is 2. The van der Waals surface area contributed by atoms with Crippen molar-refractivity contribution in [2.45, 2.75) is 0 Å². The molecule has 1 fully saturated rings. The van der Waals surface area contributed by atoms with Gasteiger partial charge in [-0.2, -0.15) is 5.26 Å². The number of benzene rings is 1. The third kappa shape index (κ3) is 4.19. The number of carbonyl (C=O) groups excluding carboxylic acids is 2. The van der Waals surface area contributed by atoms with Crippen molar-refractivity contribution in [2.75, 3.05) is 26.3 Å². The number of hydrogen-bond donors (Lipinski definition) is 0. The highest BCUT2D eigenvalue weighted by atomic mass is 35.5. The minimum Gasteiger partial charge on any atom is -0.545 e. The van der Waals surface area contributed by atoms with Crippen molar-refractivity contribution >= 4 is 29.6 Å². The molecule has 1 amide bonds. The van der Waals surface area contributed by atoms with E-state index in [4.69, 9.17) is 20.8 Å². The second-order valence-electron chi connectivity index (χ2n) is 5.76. The van der Waals surface area contributed by atoms with Crippen molar-refractivity contribution in [3.05, 3.63) is 52.3 Å². The predicted molar refractivity (Wildman–Crippen MR) is 94.5 cm³/mol. The number of carboxylic acid groups (broad SMARTS) is 1. The van der Waals surface area contributed by atoms with E-state index in [0.717, 1.165) is 0 Å². The maximum Gasteiger partial charge on any atom is 0.264 e. The van der Waals surface area contributed by atoms with Gasteiger partial charge in [0.25, 0.3) is 5.91 Å². The van der Waals surface area contributed by atoms with Crippen LogP contribution < -0.4 is 5.11 Å². The Hall–Kier alpha value is -3.08. The van der Waals surface area contributed by atoms with Gasteiger partial charge in [-0.1, -0.05) is 17.7 Å². The lowest BCUT2D eigenvalue weighted by Crippen LogP contribution is -2.41. The number of morpholine rings is 1. The number of aromatic carboxylic acids is 1. The van der Waals surface area contributed by atoms with Gasteiger partial charge in [0.1, 0.15) is 23.2 Å². The summed E-state index contributed by atoms with van der Waals surface area (Å²) in [4.78, 5) is 25.0. The number of carboxylic acids is 1. The summed E-state index contributed by atoms with van der Waals surface area (Å²) in [5, 5.41) is 20.7. The van der Waals surface area contributed by atoms with Crippen molar-refractivity contribution in [2.24, 2.45) is 0 Å². The van der Waals surface area contributed by atoms with Crippen LogP contribution in [0.4, 0.5) is 0 Å². The Morgan fingerprint density at radius 1 is 1.22 bits per heavy atom. The van der Waals surface area contributed by atoms with Gasteiger partial charge in [-0.15, -0.1) is 0 Å². The SMILES string of the molecule is N#C/C(=C/c1ccc(-c2cc(C(=O)[O-])ccc2Cl)o1)C(=O)N1CCOCC1. The van der Waals surface area contributed by atoms with Crippen molar-refractivity contribution in [1.29, 1.82) is 5.26 Å². The highest BCUT2D eigenvalue weighted by molar-refractivity contribution is 6.33. The minimum absolute atomic E-state index is 0.0388. The number of ether oxygens (including phenoxy) is 1. The fourth-order valence-electron chi connectivity index (χ4n) is 2.64. The molecule has 1 saturated heterocycles. The van der Waals surface area contributed by atoms with Gasteiger partial charge in [-0.3, -0.25) is 4.79 Å². The molecular formula is C19H14ClN2O5-. The molecule has 0 N–H and O–H groups in total. The number of amides is 1. The van der Waals surface area contributed by atoms with E-state index in [-0.39, 0.29) is 16.9 Å². The Bertz CT molecular complexity index is 951. The Morgan fingerprint density at radius 3 is 2.63 bits per heavy atom. The molecule has 0 aliphatic carbocycles. The first-order valence-electron chi connectivity index (χ1n) is 8.09. The Labute approximate surface area is 160 Å². The van der Waals surface area contributed by atoms with Gasteiger partial charge in [0.15, 0.2) is 0 Å². The second-order valence-corrected chi connectivity index (χ2v) is 6.17. The van der Waals surface area contributed by atoms with Crippen LogP contribution in [0.1, 0.15) is 16.1 Å². The van der Waals surface area contributed by atoms with E-state index in [1.54, 1.807) is 17.0 Å². The molecule has 1 aromatic heterocycles. The third-order valence-electron chi connectivity index (χ3n) is 4.03. The Kier molecular flexibility index (Phi) is 5.60. The first kappa shape index (κ1) is 18.7. The maximum atomic E-state index is 12.4. The van der Waals surface area contributed by atoms with Gasteiger partial charge in [0.2, 0.25) is 0 Å². The van der Waals surface area contributed by atoms with Crippen LogP contribution in [-0.2, 0) is 9.53 Å². The molecule has 0 unspecified atom stereocenters. The van der Waals surface area contributed by atoms with Gasteiger partial charge < -0.3 is 24.0 Å². The lowest BCUT2D eigenvalue weighted by atomic mass is 10.1. The molecule has 27 heavy (non-hydrogen) atoms. The number of furan rings is 1. The summed E-state index contributed by atoms with van der Waals surface area (Å²) < 4.78 is 10.8. The standard InChI is InChI=1S/C19H15ClN2O5/c20-16-3-1-12(19(24)25)10-15(16)17-4-2-14(27-17)9-13(11-21)18(23)22-5-7-26-8-6-22/h1-4,9-10H,5-8H2,(H,24,25)/p-1/b13-9-. The Morgan fingerprint density at radius 2 is 1.96 bits per heavy atom. The van der Waals surface area contributed by atoms with Crippen LogP contribution >= 0.6 is 11.6 Å². The van der Waals surface area contributed by atoms with Crippen LogP contribution in [0.2, 0.25) is 5.02 Å². The largest absolute Gasteiger partial charge is 0.545 e. The van der Waals surface area contributed by atoms with Crippen molar-refractivity contribution in [1.82, 2.24) is 4.90 Å². The highest BCUT2D eigenvalue weighted by Crippen LogP contribution is 2.31. The van der Waals surface area contributed by atoms with Gasteiger partial charge in [-0.25, -0.2) is 0 Å². The van der Waals surface area contributed by atoms with Crippen LogP contribution in [0, 0.1) is 11.3 Å². The molecule has 1 aliphatic heterocycles. The van der Waals surface area contributed by atoms with E-state index in [1.165, 1.54) is 24.3 Å². The van der Waals surface area contributed by atoms with E-state index in [9.17, 15) is 20.0 Å². The average molecular weight is 386 g/mol. The number of nitriles is 1. The predicted octanol–water partition coefficient (Wildman–Crippen LogP) is 1.73. The molecule has 8 heteroatoms. The zero-order valence-electron chi connectivity index (χ0n) is 14.1. The maximum absolute atomic E-state index is 12.4.